The van der Waals surface area contributed by atoms with E-state index >= 15 is 0 Å². The van der Waals surface area contributed by atoms with Gasteiger partial charge in [-0.2, -0.15) is 0 Å². The van der Waals surface area contributed by atoms with E-state index in [9.17, 15) is 19.2 Å². The minimum Gasteiger partial charge on any atom is -0.472 e. The van der Waals surface area contributed by atoms with E-state index in [0.29, 0.717) is 19.3 Å². The molecule has 0 bridgehead atoms. The number of hydrogen-bond acceptors (Lipinski definition) is 9. The van der Waals surface area contributed by atoms with Crippen molar-refractivity contribution in [2.75, 3.05) is 0 Å². The van der Waals surface area contributed by atoms with Gasteiger partial charge in [0.15, 0.2) is 6.10 Å². The number of fused-ring (bicyclic) bond motifs is 3. The number of carbonyl (C=O) groups is 4. The lowest BCUT2D eigenvalue weighted by Gasteiger charge is -2.69. The molecule has 3 heterocycles. The molecule has 0 amide bonds. The predicted octanol–water partition coefficient (Wildman–Crippen LogP) is 4.33. The monoisotopic (exact) mass is 542 g/mol. The van der Waals surface area contributed by atoms with Gasteiger partial charge in [-0.1, -0.05) is 27.7 Å². The predicted molar refractivity (Wildman–Crippen MR) is 135 cm³/mol. The summed E-state index contributed by atoms with van der Waals surface area (Å²) >= 11 is 0. The van der Waals surface area contributed by atoms with Crippen molar-refractivity contribution in [3.63, 3.8) is 0 Å². The SMILES string of the molecule is CC(=O)O[C@H]1C[C@@H](OC(C)=O)[C@]2(C)[C@H]3CC[C@]4(C)[C@H](c5ccoc5)OC(=O)[C@H]5O[C@]54[C@]3(C)C(=O)C[C@H]2C1(C)C. The molecule has 2 aliphatic heterocycles. The van der Waals surface area contributed by atoms with Crippen molar-refractivity contribution < 1.29 is 42.5 Å². The number of hydrogen-bond donors (Lipinski definition) is 0. The summed E-state index contributed by atoms with van der Waals surface area (Å²) in [7, 11) is 0. The largest absolute Gasteiger partial charge is 0.472 e. The number of ketones is 1. The molecule has 1 aromatic heterocycles. The Bertz CT molecular complexity index is 1250. The summed E-state index contributed by atoms with van der Waals surface area (Å²) in [4.78, 5) is 52.3. The first-order chi connectivity index (χ1) is 18.2. The first-order valence-electron chi connectivity index (χ1n) is 13.9. The molecule has 0 aromatic carbocycles. The number of ether oxygens (including phenoxy) is 4. The maximum Gasteiger partial charge on any atom is 0.339 e. The average molecular weight is 543 g/mol. The van der Waals surface area contributed by atoms with Crippen LogP contribution in [0.1, 0.15) is 85.8 Å². The highest BCUT2D eigenvalue weighted by molar-refractivity contribution is 5.93. The van der Waals surface area contributed by atoms with Gasteiger partial charge in [0.1, 0.15) is 29.7 Å². The number of esters is 3. The lowest BCUT2D eigenvalue weighted by atomic mass is 9.34. The Hall–Kier alpha value is -2.68. The fourth-order valence-electron chi connectivity index (χ4n) is 9.92. The van der Waals surface area contributed by atoms with Crippen LogP contribution in [0.5, 0.6) is 0 Å². The first kappa shape index (κ1) is 26.5. The Balaban J connectivity index is 1.50. The highest BCUT2D eigenvalue weighted by Crippen LogP contribution is 2.79. The maximum atomic E-state index is 14.6. The van der Waals surface area contributed by atoms with Crippen LogP contribution in [0.15, 0.2) is 23.0 Å². The minimum atomic E-state index is -1.05. The van der Waals surface area contributed by atoms with Crippen molar-refractivity contribution in [3.8, 4) is 0 Å². The topological polar surface area (TPSA) is 122 Å². The molecule has 9 nitrogen and oxygen atoms in total. The number of rotatable bonds is 3. The third kappa shape index (κ3) is 3.05. The van der Waals surface area contributed by atoms with E-state index in [-0.39, 0.29) is 24.0 Å². The summed E-state index contributed by atoms with van der Waals surface area (Å²) in [6.07, 6.45) is 2.44. The molecule has 0 radical (unpaired) electrons. The minimum absolute atomic E-state index is 0.0298. The van der Waals surface area contributed by atoms with E-state index in [0.717, 1.165) is 5.56 Å². The van der Waals surface area contributed by atoms with E-state index in [4.69, 9.17) is 23.4 Å². The fourth-order valence-corrected chi connectivity index (χ4v) is 9.92. The molecular weight excluding hydrogens is 504 g/mol. The Labute approximate surface area is 228 Å². The molecule has 0 N–H and O–H groups in total. The van der Waals surface area contributed by atoms with E-state index in [1.165, 1.54) is 13.8 Å². The molecule has 1 aromatic rings. The normalized spacial score (nSPS) is 47.5. The van der Waals surface area contributed by atoms with Crippen molar-refractivity contribution in [3.05, 3.63) is 24.2 Å². The van der Waals surface area contributed by atoms with Crippen LogP contribution in [-0.2, 0) is 38.1 Å². The quantitative estimate of drug-likeness (QED) is 0.312. The van der Waals surface area contributed by atoms with Crippen LogP contribution in [-0.4, -0.2) is 47.6 Å². The van der Waals surface area contributed by atoms with Gasteiger partial charge in [0.2, 0.25) is 0 Å². The zero-order valence-corrected chi connectivity index (χ0v) is 23.7. The maximum absolute atomic E-state index is 14.6. The van der Waals surface area contributed by atoms with Gasteiger partial charge < -0.3 is 23.4 Å². The highest BCUT2D eigenvalue weighted by Gasteiger charge is 2.89. The molecule has 10 atom stereocenters. The van der Waals surface area contributed by atoms with E-state index in [2.05, 4.69) is 13.8 Å². The second-order valence-electron chi connectivity index (χ2n) is 13.6. The second-order valence-corrected chi connectivity index (χ2v) is 13.6. The number of cyclic esters (lactones) is 1. The van der Waals surface area contributed by atoms with Crippen LogP contribution in [0.2, 0.25) is 0 Å². The molecule has 3 aliphatic carbocycles. The number of epoxide rings is 1. The molecular formula is C30H38O9. The first-order valence-corrected chi connectivity index (χ1v) is 13.9. The molecule has 9 heteroatoms. The smallest absolute Gasteiger partial charge is 0.339 e. The third-order valence-electron chi connectivity index (χ3n) is 11.7. The van der Waals surface area contributed by atoms with E-state index in [1.807, 2.05) is 20.8 Å². The van der Waals surface area contributed by atoms with Gasteiger partial charge in [0, 0.05) is 48.5 Å². The number of furan rings is 1. The Morgan fingerprint density at radius 1 is 0.949 bits per heavy atom. The van der Waals surface area contributed by atoms with Crippen LogP contribution >= 0.6 is 0 Å². The molecule has 3 saturated carbocycles. The van der Waals surface area contributed by atoms with Gasteiger partial charge in [-0.15, -0.1) is 0 Å². The van der Waals surface area contributed by atoms with Crippen molar-refractivity contribution in [2.45, 2.75) is 104 Å². The molecule has 0 unspecified atom stereocenters. The van der Waals surface area contributed by atoms with E-state index in [1.54, 1.807) is 18.6 Å². The highest BCUT2D eigenvalue weighted by atomic mass is 16.7. The Kier molecular flexibility index (Phi) is 5.41. The van der Waals surface area contributed by atoms with Crippen LogP contribution in [0, 0.1) is 33.5 Å². The lowest BCUT2D eigenvalue weighted by Crippen LogP contribution is -2.74. The van der Waals surface area contributed by atoms with Gasteiger partial charge in [-0.05, 0) is 37.7 Å². The van der Waals surface area contributed by atoms with Gasteiger partial charge >= 0.3 is 17.9 Å². The van der Waals surface area contributed by atoms with Crippen LogP contribution in [0.3, 0.4) is 0 Å². The lowest BCUT2D eigenvalue weighted by molar-refractivity contribution is -0.259. The Morgan fingerprint density at radius 3 is 2.23 bits per heavy atom. The van der Waals surface area contributed by atoms with Crippen molar-refractivity contribution in [1.29, 1.82) is 0 Å². The Morgan fingerprint density at radius 2 is 1.62 bits per heavy atom. The van der Waals surface area contributed by atoms with Crippen molar-refractivity contribution >= 4 is 23.7 Å². The molecule has 39 heavy (non-hydrogen) atoms. The zero-order valence-electron chi connectivity index (χ0n) is 23.7. The summed E-state index contributed by atoms with van der Waals surface area (Å²) in [6.45, 7) is 13.0. The van der Waals surface area contributed by atoms with E-state index < -0.39 is 69.6 Å². The van der Waals surface area contributed by atoms with Gasteiger partial charge in [-0.25, -0.2) is 4.79 Å². The van der Waals surface area contributed by atoms with Crippen LogP contribution < -0.4 is 0 Å². The summed E-state index contributed by atoms with van der Waals surface area (Å²) in [5.74, 6) is -1.72. The molecule has 5 aliphatic rings. The van der Waals surface area contributed by atoms with Gasteiger partial charge in [0.05, 0.1) is 17.9 Å². The standard InChI is InChI=1S/C30H38O9/c1-15(31)36-21-13-22(37-16(2)32)28(6)18-8-10-27(5)23(17-9-11-35-14-17)38-25(34)24-30(27,39-24)29(18,7)20(33)12-19(28)26(21,3)4/h9,11,14,18-19,21-24H,8,10,12-13H2,1-7H3/t18-,19+,21+,22-,23+,24-,27-,28-,29+,30-/m1/s1. The second kappa shape index (κ2) is 7.95. The molecule has 2 saturated heterocycles. The van der Waals surface area contributed by atoms with Crippen molar-refractivity contribution in [2.24, 2.45) is 33.5 Å². The molecule has 1 spiro atoms. The molecule has 212 valence electrons. The fraction of sp³-hybridized carbons (Fsp3) is 0.733. The third-order valence-corrected chi connectivity index (χ3v) is 11.7. The summed E-state index contributed by atoms with van der Waals surface area (Å²) < 4.78 is 29.5. The summed E-state index contributed by atoms with van der Waals surface area (Å²) in [6, 6.07) is 1.80. The van der Waals surface area contributed by atoms with Gasteiger partial charge in [-0.3, -0.25) is 14.4 Å². The van der Waals surface area contributed by atoms with Crippen LogP contribution in [0.25, 0.3) is 0 Å². The summed E-state index contributed by atoms with van der Waals surface area (Å²) in [5.41, 5.74) is -3.19. The molecule has 5 fully saturated rings. The zero-order chi connectivity index (χ0) is 28.3. The average Bonchev–Trinajstić information content (AvgIpc) is 3.41. The summed E-state index contributed by atoms with van der Waals surface area (Å²) in [5, 5.41) is 0. The van der Waals surface area contributed by atoms with Crippen molar-refractivity contribution in [1.82, 2.24) is 0 Å². The van der Waals surface area contributed by atoms with Gasteiger partial charge in [0.25, 0.3) is 0 Å². The van der Waals surface area contributed by atoms with Crippen LogP contribution in [0.4, 0.5) is 0 Å². The molecule has 6 rings (SSSR count). The number of Topliss-reactive ketones (excluding diaryl/α,β-unsaturated/α-hetero) is 1. The number of carbonyl (C=O) groups excluding carboxylic acids is 4.